The topological polar surface area (TPSA) is 57.6 Å². The highest BCUT2D eigenvalue weighted by atomic mass is 32.1. The van der Waals surface area contributed by atoms with Gasteiger partial charge in [-0.05, 0) is 68.9 Å². The number of hydrogen-bond acceptors (Lipinski definition) is 3. The Morgan fingerprint density at radius 2 is 1.62 bits per heavy atom. The van der Waals surface area contributed by atoms with Crippen molar-refractivity contribution < 1.29 is 19.3 Å². The molecule has 2 fully saturated rings. The van der Waals surface area contributed by atoms with Crippen molar-refractivity contribution in [3.05, 3.63) is 41.3 Å². The summed E-state index contributed by atoms with van der Waals surface area (Å²) in [4.78, 5) is 27.6. The Balaban J connectivity index is 1.79. The standard InChI is InChI=1S/C26H34N2O3S/c1-19-12-14-21(15-13-19)25(29)27(28(2)16-8-3-4-9-17-28)22-18-23(32-24(22)26(30)31)20-10-6-5-7-11-20/h5-7,10-11,18-19,21H,3-4,8-9,12-17H2,1-2H3/p+1. The number of amides is 1. The molecular weight excluding hydrogens is 420 g/mol. The Labute approximate surface area is 195 Å². The Morgan fingerprint density at radius 3 is 2.22 bits per heavy atom. The lowest BCUT2D eigenvalue weighted by Crippen LogP contribution is -2.62. The third kappa shape index (κ3) is 4.76. The number of aromatic carboxylic acids is 1. The first-order chi connectivity index (χ1) is 15.4. The van der Waals surface area contributed by atoms with Gasteiger partial charge in [0.2, 0.25) is 0 Å². The molecule has 1 saturated carbocycles. The average molecular weight is 456 g/mol. The van der Waals surface area contributed by atoms with E-state index in [1.165, 1.54) is 24.2 Å². The molecule has 1 aromatic heterocycles. The normalized spacial score (nSPS) is 23.3. The van der Waals surface area contributed by atoms with Crippen LogP contribution < -0.4 is 5.01 Å². The van der Waals surface area contributed by atoms with Crippen LogP contribution >= 0.6 is 11.3 Å². The first-order valence-corrected chi connectivity index (χ1v) is 12.8. The molecule has 0 bridgehead atoms. The SMILES string of the molecule is CC1CCC(C(=O)N(c2cc(-c3ccccc3)sc2C(=O)O)[N+]2(C)CCCCCC2)CC1. The molecule has 6 heteroatoms. The van der Waals surface area contributed by atoms with Crippen molar-refractivity contribution in [1.82, 2.24) is 0 Å². The second-order valence-corrected chi connectivity index (χ2v) is 10.9. The molecule has 172 valence electrons. The smallest absolute Gasteiger partial charge is 0.348 e. The second kappa shape index (κ2) is 9.75. The number of benzene rings is 1. The first-order valence-electron chi connectivity index (χ1n) is 12.0. The van der Waals surface area contributed by atoms with Crippen molar-refractivity contribution in [2.45, 2.75) is 58.3 Å². The Kier molecular flexibility index (Phi) is 7.01. The fraction of sp³-hybridized carbons (Fsp3) is 0.538. The van der Waals surface area contributed by atoms with Gasteiger partial charge in [-0.25, -0.2) is 9.39 Å². The van der Waals surface area contributed by atoms with Crippen LogP contribution in [0.3, 0.4) is 0 Å². The Hall–Kier alpha value is -2.18. The first kappa shape index (κ1) is 23.0. The molecule has 0 radical (unpaired) electrons. The van der Waals surface area contributed by atoms with Crippen LogP contribution in [-0.4, -0.2) is 41.7 Å². The van der Waals surface area contributed by atoms with Gasteiger partial charge < -0.3 is 5.11 Å². The quantitative estimate of drug-likeness (QED) is 0.546. The third-order valence-corrected chi connectivity index (χ3v) is 8.44. The average Bonchev–Trinajstić information content (AvgIpc) is 3.10. The van der Waals surface area contributed by atoms with Crippen LogP contribution in [0.4, 0.5) is 5.69 Å². The molecule has 2 heterocycles. The summed E-state index contributed by atoms with van der Waals surface area (Å²) in [5, 5.41) is 12.0. The van der Waals surface area contributed by atoms with E-state index in [1.807, 2.05) is 41.4 Å². The van der Waals surface area contributed by atoms with Gasteiger partial charge in [-0.15, -0.1) is 11.3 Å². The van der Waals surface area contributed by atoms with E-state index < -0.39 is 5.97 Å². The number of carboxylic acids is 1. The summed E-state index contributed by atoms with van der Waals surface area (Å²) in [6, 6.07) is 11.8. The lowest BCUT2D eigenvalue weighted by Gasteiger charge is -2.43. The van der Waals surface area contributed by atoms with Crippen LogP contribution in [0.15, 0.2) is 36.4 Å². The summed E-state index contributed by atoms with van der Waals surface area (Å²) in [6.07, 6.45) is 8.38. The van der Waals surface area contributed by atoms with Crippen molar-refractivity contribution in [3.8, 4) is 10.4 Å². The number of thiophene rings is 1. The summed E-state index contributed by atoms with van der Waals surface area (Å²) in [5.41, 5.74) is 1.57. The number of nitrogens with zero attached hydrogens (tertiary/aromatic N) is 2. The monoisotopic (exact) mass is 455 g/mol. The molecule has 1 amide bonds. The zero-order valence-electron chi connectivity index (χ0n) is 19.3. The molecule has 4 rings (SSSR count). The fourth-order valence-electron chi connectivity index (χ4n) is 5.30. The summed E-state index contributed by atoms with van der Waals surface area (Å²) in [5.74, 6) is -0.202. The molecule has 1 N–H and O–H groups in total. The van der Waals surface area contributed by atoms with E-state index in [-0.39, 0.29) is 16.7 Å². The third-order valence-electron chi connectivity index (χ3n) is 7.28. The van der Waals surface area contributed by atoms with Crippen LogP contribution in [0.2, 0.25) is 0 Å². The summed E-state index contributed by atoms with van der Waals surface area (Å²) < 4.78 is 0.482. The Morgan fingerprint density at radius 1 is 1.00 bits per heavy atom. The second-order valence-electron chi connectivity index (χ2n) is 9.80. The molecule has 1 aliphatic heterocycles. The summed E-state index contributed by atoms with van der Waals surface area (Å²) in [7, 11) is 2.13. The molecule has 5 nitrogen and oxygen atoms in total. The number of quaternary nitrogens is 1. The highest BCUT2D eigenvalue weighted by Crippen LogP contribution is 2.41. The van der Waals surface area contributed by atoms with Gasteiger partial charge >= 0.3 is 5.97 Å². The highest BCUT2D eigenvalue weighted by molar-refractivity contribution is 7.18. The number of anilines is 1. The molecule has 2 aliphatic rings. The van der Waals surface area contributed by atoms with E-state index >= 15 is 0 Å². The van der Waals surface area contributed by atoms with Gasteiger partial charge in [0.1, 0.15) is 23.7 Å². The number of carboxylic acid groups (broad SMARTS) is 1. The van der Waals surface area contributed by atoms with Crippen molar-refractivity contribution in [2.24, 2.45) is 11.8 Å². The maximum absolute atomic E-state index is 14.1. The predicted molar refractivity (Wildman–Crippen MR) is 130 cm³/mol. The van der Waals surface area contributed by atoms with E-state index in [1.54, 1.807) is 0 Å². The maximum atomic E-state index is 14.1. The molecule has 1 aromatic carbocycles. The molecule has 0 atom stereocenters. The van der Waals surface area contributed by atoms with Crippen LogP contribution in [0, 0.1) is 11.8 Å². The fourth-order valence-corrected chi connectivity index (χ4v) is 6.29. The number of carbonyl (C=O) groups excluding carboxylic acids is 1. The van der Waals surface area contributed by atoms with Crippen LogP contribution in [0.5, 0.6) is 0 Å². The molecular formula is C26H35N2O3S+. The lowest BCUT2D eigenvalue weighted by atomic mass is 9.82. The predicted octanol–water partition coefficient (Wildman–Crippen LogP) is 6.21. The summed E-state index contributed by atoms with van der Waals surface area (Å²) in [6.45, 7) is 3.99. The van der Waals surface area contributed by atoms with E-state index in [0.717, 1.165) is 62.1 Å². The minimum atomic E-state index is -0.955. The molecule has 32 heavy (non-hydrogen) atoms. The van der Waals surface area contributed by atoms with Gasteiger partial charge in [0.25, 0.3) is 5.91 Å². The van der Waals surface area contributed by atoms with Crippen molar-refractivity contribution >= 4 is 28.9 Å². The van der Waals surface area contributed by atoms with E-state index in [9.17, 15) is 14.7 Å². The largest absolute Gasteiger partial charge is 0.477 e. The molecule has 2 aromatic rings. The number of hydrogen-bond donors (Lipinski definition) is 1. The highest BCUT2D eigenvalue weighted by Gasteiger charge is 2.43. The maximum Gasteiger partial charge on any atom is 0.348 e. The van der Waals surface area contributed by atoms with E-state index in [0.29, 0.717) is 16.2 Å². The van der Waals surface area contributed by atoms with Gasteiger partial charge in [-0.3, -0.25) is 4.79 Å². The van der Waals surface area contributed by atoms with E-state index in [4.69, 9.17) is 0 Å². The number of likely N-dealkylation sites (tertiary alicyclic amines) is 1. The number of rotatable bonds is 5. The van der Waals surface area contributed by atoms with Crippen molar-refractivity contribution in [2.75, 3.05) is 25.1 Å². The van der Waals surface area contributed by atoms with Crippen molar-refractivity contribution in [3.63, 3.8) is 0 Å². The molecule has 1 saturated heterocycles. The van der Waals surface area contributed by atoms with Crippen LogP contribution in [-0.2, 0) is 4.79 Å². The minimum Gasteiger partial charge on any atom is -0.477 e. The molecule has 1 aliphatic carbocycles. The van der Waals surface area contributed by atoms with Gasteiger partial charge in [-0.2, -0.15) is 5.01 Å². The lowest BCUT2D eigenvalue weighted by molar-refractivity contribution is -0.910. The van der Waals surface area contributed by atoms with Gasteiger partial charge in [0, 0.05) is 10.8 Å². The zero-order chi connectivity index (χ0) is 22.7. The Bertz CT molecular complexity index is 939. The van der Waals surface area contributed by atoms with E-state index in [2.05, 4.69) is 14.0 Å². The van der Waals surface area contributed by atoms with Gasteiger partial charge in [0.15, 0.2) is 0 Å². The molecule has 0 unspecified atom stereocenters. The number of carbonyl (C=O) groups is 2. The summed E-state index contributed by atoms with van der Waals surface area (Å²) >= 11 is 1.28. The zero-order valence-corrected chi connectivity index (χ0v) is 20.1. The van der Waals surface area contributed by atoms with Gasteiger partial charge in [0.05, 0.1) is 7.05 Å². The minimum absolute atomic E-state index is 0.0221. The van der Waals surface area contributed by atoms with Crippen LogP contribution in [0.25, 0.3) is 10.4 Å². The van der Waals surface area contributed by atoms with Crippen molar-refractivity contribution in [1.29, 1.82) is 0 Å². The van der Waals surface area contributed by atoms with Crippen LogP contribution in [0.1, 0.15) is 68.0 Å². The van der Waals surface area contributed by atoms with Gasteiger partial charge in [-0.1, -0.05) is 37.3 Å². The molecule has 0 spiro atoms.